The van der Waals surface area contributed by atoms with Gasteiger partial charge in [-0.3, -0.25) is 4.57 Å². The molecule has 0 aliphatic rings. The largest absolute Gasteiger partial charge is 0.294 e. The fourth-order valence-electron chi connectivity index (χ4n) is 4.11. The Hall–Kier alpha value is -3.89. The van der Waals surface area contributed by atoms with Crippen LogP contribution in [0.5, 0.6) is 0 Å². The van der Waals surface area contributed by atoms with Gasteiger partial charge in [0, 0.05) is 28.0 Å². The van der Waals surface area contributed by atoms with E-state index >= 15 is 0 Å². The van der Waals surface area contributed by atoms with Crippen molar-refractivity contribution in [1.82, 2.24) is 14.5 Å². The summed E-state index contributed by atoms with van der Waals surface area (Å²) < 4.78 is 9.99. The van der Waals surface area contributed by atoms with E-state index in [9.17, 15) is 0 Å². The first kappa shape index (κ1) is 17.8. The van der Waals surface area contributed by atoms with Gasteiger partial charge in [0.25, 0.3) is 0 Å². The second-order valence-corrected chi connectivity index (χ2v) is 8.60. The third-order valence-corrected chi connectivity index (χ3v) is 6.45. The molecule has 0 spiro atoms. The van der Waals surface area contributed by atoms with Crippen molar-refractivity contribution in [2.75, 3.05) is 0 Å². The molecule has 0 saturated carbocycles. The van der Waals surface area contributed by atoms with Gasteiger partial charge in [0.05, 0.1) is 12.4 Å². The number of para-hydroxylation sites is 1. The third kappa shape index (κ3) is 3.35. The van der Waals surface area contributed by atoms with E-state index < -0.39 is 0 Å². The maximum atomic E-state index is 7.76. The second kappa shape index (κ2) is 7.98. The smallest absolute Gasteiger partial charge is 0.137 e. The maximum Gasteiger partial charge on any atom is 0.137 e. The van der Waals surface area contributed by atoms with E-state index in [0.717, 1.165) is 37.9 Å². The molecule has 3 aromatic carbocycles. The first-order chi connectivity index (χ1) is 16.3. The molecule has 3 heterocycles. The van der Waals surface area contributed by atoms with Crippen LogP contribution in [0.3, 0.4) is 0 Å². The highest BCUT2D eigenvalue weighted by atomic mass is 32.2. The molecule has 0 unspecified atom stereocenters. The van der Waals surface area contributed by atoms with Crippen LogP contribution in [0.2, 0.25) is 0 Å². The van der Waals surface area contributed by atoms with Crippen LogP contribution in [0.1, 0.15) is 1.37 Å². The first-order valence-electron chi connectivity index (χ1n) is 10.9. The molecule has 0 aliphatic heterocycles. The van der Waals surface area contributed by atoms with E-state index in [1.807, 2.05) is 36.5 Å². The number of rotatable bonds is 4. The van der Waals surface area contributed by atoms with Crippen LogP contribution in [0, 0.1) is 0 Å². The van der Waals surface area contributed by atoms with Gasteiger partial charge in [-0.2, -0.15) is 0 Å². The van der Waals surface area contributed by atoms with Crippen LogP contribution in [-0.4, -0.2) is 14.5 Å². The summed E-state index contributed by atoms with van der Waals surface area (Å²) in [5, 5.41) is 3.25. The Kier molecular flexibility index (Phi) is 4.43. The molecule has 6 rings (SSSR count). The lowest BCUT2D eigenvalue weighted by Crippen LogP contribution is -1.96. The molecule has 0 N–H and O–H groups in total. The van der Waals surface area contributed by atoms with E-state index in [1.165, 1.54) is 10.8 Å². The minimum atomic E-state index is 0.281. The highest BCUT2D eigenvalue weighted by molar-refractivity contribution is 7.99. The van der Waals surface area contributed by atoms with Crippen molar-refractivity contribution in [3.05, 3.63) is 115 Å². The van der Waals surface area contributed by atoms with Crippen molar-refractivity contribution in [3.8, 4) is 16.9 Å². The van der Waals surface area contributed by atoms with Crippen LogP contribution in [0.15, 0.2) is 125 Å². The average molecular weight is 431 g/mol. The predicted molar refractivity (Wildman–Crippen MR) is 132 cm³/mol. The van der Waals surface area contributed by atoms with E-state index in [2.05, 4.69) is 81.3 Å². The van der Waals surface area contributed by atoms with E-state index in [0.29, 0.717) is 0 Å². The zero-order valence-corrected chi connectivity index (χ0v) is 18.0. The fourth-order valence-corrected chi connectivity index (χ4v) is 4.93. The molecule has 0 atom stereocenters. The lowest BCUT2D eigenvalue weighted by atomic mass is 10.0. The normalized spacial score (nSPS) is 11.7. The van der Waals surface area contributed by atoms with Crippen molar-refractivity contribution < 1.29 is 1.37 Å². The van der Waals surface area contributed by atoms with Gasteiger partial charge in [-0.05, 0) is 59.7 Å². The topological polar surface area (TPSA) is 30.7 Å². The van der Waals surface area contributed by atoms with Gasteiger partial charge in [-0.15, -0.1) is 0 Å². The first-order valence-corrected chi connectivity index (χ1v) is 11.2. The Labute approximate surface area is 191 Å². The summed E-state index contributed by atoms with van der Waals surface area (Å²) in [6, 6.07) is 35.1. The van der Waals surface area contributed by atoms with Crippen LogP contribution in [0.4, 0.5) is 0 Å². The summed E-state index contributed by atoms with van der Waals surface area (Å²) in [5.41, 5.74) is 4.57. The second-order valence-electron chi connectivity index (χ2n) is 7.51. The minimum absolute atomic E-state index is 0.281. The number of aromatic nitrogens is 3. The van der Waals surface area contributed by atoms with Crippen LogP contribution < -0.4 is 0 Å². The molecule has 0 fully saturated rings. The van der Waals surface area contributed by atoms with E-state index in [1.54, 1.807) is 17.8 Å². The maximum absolute atomic E-state index is 7.76. The van der Waals surface area contributed by atoms with Crippen LogP contribution in [0.25, 0.3) is 38.8 Å². The standard InChI is InChI=1S/C28H19N3S/c1-2-11-25-23(10-1)24-15-14-21(19-26(24)31(25)27-12-3-5-16-29-27)20-8-7-9-22(18-20)32-28-13-4-6-17-30-28/h1-19H/i17D. The van der Waals surface area contributed by atoms with Gasteiger partial charge in [-0.1, -0.05) is 66.4 Å². The molecular formula is C28H19N3S. The monoisotopic (exact) mass is 430 g/mol. The van der Waals surface area contributed by atoms with Crippen molar-refractivity contribution in [1.29, 1.82) is 0 Å². The molecule has 3 aromatic heterocycles. The molecule has 4 heteroatoms. The van der Waals surface area contributed by atoms with E-state index in [-0.39, 0.29) is 6.17 Å². The summed E-state index contributed by atoms with van der Waals surface area (Å²) >= 11 is 1.57. The Balaban J connectivity index is 1.49. The van der Waals surface area contributed by atoms with Crippen molar-refractivity contribution >= 4 is 33.6 Å². The highest BCUT2D eigenvalue weighted by Gasteiger charge is 2.13. The zero-order valence-electron chi connectivity index (χ0n) is 18.1. The Morgan fingerprint density at radius 3 is 2.41 bits per heavy atom. The Bertz CT molecular complexity index is 1610. The molecular weight excluding hydrogens is 410 g/mol. The number of nitrogens with zero attached hydrogens (tertiary/aromatic N) is 3. The number of pyridine rings is 2. The van der Waals surface area contributed by atoms with Gasteiger partial charge in [0.1, 0.15) is 10.8 Å². The number of fused-ring (bicyclic) bond motifs is 3. The summed E-state index contributed by atoms with van der Waals surface area (Å²) in [6.45, 7) is 0. The average Bonchev–Trinajstić information content (AvgIpc) is 3.18. The molecule has 0 radical (unpaired) electrons. The van der Waals surface area contributed by atoms with Gasteiger partial charge in [-0.25, -0.2) is 9.97 Å². The van der Waals surface area contributed by atoms with Gasteiger partial charge in [0.2, 0.25) is 0 Å². The molecule has 0 bridgehead atoms. The molecule has 0 amide bonds. The summed E-state index contributed by atoms with van der Waals surface area (Å²) in [7, 11) is 0. The fraction of sp³-hybridized carbons (Fsp3) is 0. The number of benzene rings is 3. The third-order valence-electron chi connectivity index (χ3n) is 5.53. The minimum Gasteiger partial charge on any atom is -0.294 e. The van der Waals surface area contributed by atoms with Gasteiger partial charge in [0.15, 0.2) is 0 Å². The quantitative estimate of drug-likeness (QED) is 0.292. The lowest BCUT2D eigenvalue weighted by Gasteiger charge is -2.09. The van der Waals surface area contributed by atoms with Crippen molar-refractivity contribution in [2.24, 2.45) is 0 Å². The van der Waals surface area contributed by atoms with E-state index in [4.69, 9.17) is 1.37 Å². The Morgan fingerprint density at radius 1 is 0.656 bits per heavy atom. The van der Waals surface area contributed by atoms with Crippen LogP contribution >= 0.6 is 11.8 Å². The number of hydrogen-bond acceptors (Lipinski definition) is 3. The number of hydrogen-bond donors (Lipinski definition) is 0. The van der Waals surface area contributed by atoms with Crippen molar-refractivity contribution in [3.63, 3.8) is 0 Å². The molecule has 32 heavy (non-hydrogen) atoms. The van der Waals surface area contributed by atoms with Gasteiger partial charge < -0.3 is 0 Å². The highest BCUT2D eigenvalue weighted by Crippen LogP contribution is 2.35. The zero-order chi connectivity index (χ0) is 22.2. The lowest BCUT2D eigenvalue weighted by molar-refractivity contribution is 1.08. The predicted octanol–water partition coefficient (Wildman–Crippen LogP) is 7.39. The molecule has 0 aliphatic carbocycles. The Morgan fingerprint density at radius 2 is 1.50 bits per heavy atom. The molecule has 152 valence electrons. The summed E-state index contributed by atoms with van der Waals surface area (Å²) in [6.07, 6.45) is 2.12. The van der Waals surface area contributed by atoms with Gasteiger partial charge >= 0.3 is 0 Å². The van der Waals surface area contributed by atoms with Crippen molar-refractivity contribution in [2.45, 2.75) is 9.92 Å². The molecule has 0 saturated heterocycles. The summed E-state index contributed by atoms with van der Waals surface area (Å²) in [5.74, 6) is 0.909. The SMILES string of the molecule is [2H]c1cccc(Sc2cccc(-c3ccc4c5ccccc5n(-c5ccccn5)c4c3)c2)n1. The summed E-state index contributed by atoms with van der Waals surface area (Å²) in [4.78, 5) is 10.0. The molecule has 6 aromatic rings. The van der Waals surface area contributed by atoms with Crippen LogP contribution in [-0.2, 0) is 0 Å². The molecule has 3 nitrogen and oxygen atoms in total.